The molecule has 5 rings (SSSR count). The van der Waals surface area contributed by atoms with Crippen molar-refractivity contribution < 1.29 is 8.42 Å². The van der Waals surface area contributed by atoms with E-state index in [1.165, 1.54) is 6.42 Å². The number of rotatable bonds is 6. The van der Waals surface area contributed by atoms with E-state index in [0.717, 1.165) is 54.6 Å². The first kappa shape index (κ1) is 20.1. The van der Waals surface area contributed by atoms with Crippen LogP contribution in [-0.2, 0) is 23.0 Å². The number of pyridine rings is 1. The van der Waals surface area contributed by atoms with Gasteiger partial charge in [-0.2, -0.15) is 0 Å². The lowest BCUT2D eigenvalue weighted by Crippen LogP contribution is -2.36. The fourth-order valence-electron chi connectivity index (χ4n) is 4.57. The van der Waals surface area contributed by atoms with Gasteiger partial charge in [0.05, 0.1) is 23.7 Å². The first-order chi connectivity index (χ1) is 15.1. The summed E-state index contributed by atoms with van der Waals surface area (Å²) in [5, 5.41) is 11.4. The maximum Gasteiger partial charge on any atom is 0.240 e. The van der Waals surface area contributed by atoms with Crippen molar-refractivity contribution in [2.45, 2.75) is 62.0 Å². The van der Waals surface area contributed by atoms with Gasteiger partial charge in [-0.3, -0.25) is 4.68 Å². The van der Waals surface area contributed by atoms with Gasteiger partial charge >= 0.3 is 0 Å². The highest BCUT2D eigenvalue weighted by molar-refractivity contribution is 7.89. The van der Waals surface area contributed by atoms with Crippen molar-refractivity contribution in [3.05, 3.63) is 54.5 Å². The highest BCUT2D eigenvalue weighted by atomic mass is 32.2. The molecule has 0 spiro atoms. The first-order valence-corrected chi connectivity index (χ1v) is 12.3. The van der Waals surface area contributed by atoms with E-state index in [2.05, 4.69) is 25.3 Å². The highest BCUT2D eigenvalue weighted by Gasteiger charge is 2.26. The zero-order valence-corrected chi connectivity index (χ0v) is 18.1. The molecular weight excluding hydrogens is 412 g/mol. The molecule has 162 valence electrons. The van der Waals surface area contributed by atoms with E-state index in [-0.39, 0.29) is 12.1 Å². The van der Waals surface area contributed by atoms with Gasteiger partial charge in [0.25, 0.3) is 0 Å². The molecule has 2 aromatic heterocycles. The van der Waals surface area contributed by atoms with Crippen LogP contribution in [0.1, 0.15) is 37.7 Å². The van der Waals surface area contributed by atoms with Crippen LogP contribution >= 0.6 is 0 Å². The van der Waals surface area contributed by atoms with Crippen molar-refractivity contribution in [2.75, 3.05) is 5.32 Å². The van der Waals surface area contributed by atoms with Crippen molar-refractivity contribution in [2.24, 2.45) is 0 Å². The molecule has 1 aliphatic carbocycles. The topological polar surface area (TPSA) is 102 Å². The van der Waals surface area contributed by atoms with Gasteiger partial charge in [0.2, 0.25) is 10.0 Å². The van der Waals surface area contributed by atoms with Crippen LogP contribution in [0.25, 0.3) is 11.1 Å². The summed E-state index contributed by atoms with van der Waals surface area (Å²) in [6.07, 6.45) is 11.3. The van der Waals surface area contributed by atoms with Crippen LogP contribution in [0.15, 0.2) is 53.8 Å². The molecule has 2 N–H and O–H groups in total. The normalized spacial score (nSPS) is 19.2. The number of aromatic nitrogens is 4. The van der Waals surface area contributed by atoms with E-state index in [1.807, 2.05) is 29.1 Å². The van der Waals surface area contributed by atoms with Crippen LogP contribution in [0.5, 0.6) is 0 Å². The zero-order valence-electron chi connectivity index (χ0n) is 17.2. The minimum atomic E-state index is -3.50. The predicted octanol–water partition coefficient (Wildman–Crippen LogP) is 2.99. The molecule has 31 heavy (non-hydrogen) atoms. The Bertz CT molecular complexity index is 1140. The van der Waals surface area contributed by atoms with E-state index in [0.29, 0.717) is 11.4 Å². The van der Waals surface area contributed by atoms with Gasteiger partial charge in [0, 0.05) is 24.0 Å². The monoisotopic (exact) mass is 438 g/mol. The van der Waals surface area contributed by atoms with E-state index in [9.17, 15) is 8.42 Å². The van der Waals surface area contributed by atoms with Gasteiger partial charge in [-0.25, -0.2) is 18.1 Å². The maximum absolute atomic E-state index is 12.8. The van der Waals surface area contributed by atoms with E-state index in [1.54, 1.807) is 24.5 Å². The largest absolute Gasteiger partial charge is 0.365 e. The van der Waals surface area contributed by atoms with E-state index >= 15 is 0 Å². The summed E-state index contributed by atoms with van der Waals surface area (Å²) in [6, 6.07) is 9.39. The molecule has 0 saturated heterocycles. The second-order valence-corrected chi connectivity index (χ2v) is 10.1. The van der Waals surface area contributed by atoms with Gasteiger partial charge in [0.1, 0.15) is 5.82 Å². The summed E-state index contributed by atoms with van der Waals surface area (Å²) in [5.41, 5.74) is 3.20. The smallest absolute Gasteiger partial charge is 0.240 e. The summed E-state index contributed by atoms with van der Waals surface area (Å²) in [5.74, 6) is 0.873. The molecule has 3 heterocycles. The van der Waals surface area contributed by atoms with Crippen LogP contribution in [0.3, 0.4) is 0 Å². The van der Waals surface area contributed by atoms with Crippen molar-refractivity contribution in [3.63, 3.8) is 0 Å². The lowest BCUT2D eigenvalue weighted by atomic mass is 9.96. The summed E-state index contributed by atoms with van der Waals surface area (Å²) in [4.78, 5) is 4.80. The molecule has 3 aromatic rings. The molecule has 0 bridgehead atoms. The Labute approximate surface area is 182 Å². The minimum absolute atomic E-state index is 0.0508. The van der Waals surface area contributed by atoms with Gasteiger partial charge in [-0.05, 0) is 48.6 Å². The van der Waals surface area contributed by atoms with Gasteiger partial charge in [-0.15, -0.1) is 5.10 Å². The summed E-state index contributed by atoms with van der Waals surface area (Å²) >= 11 is 0. The third-order valence-electron chi connectivity index (χ3n) is 6.13. The third kappa shape index (κ3) is 4.33. The molecular formula is C22H26N6O2S. The van der Waals surface area contributed by atoms with Crippen LogP contribution in [0, 0.1) is 0 Å². The lowest BCUT2D eigenvalue weighted by Gasteiger charge is -2.22. The second kappa shape index (κ2) is 8.39. The van der Waals surface area contributed by atoms with Crippen molar-refractivity contribution in [3.8, 4) is 11.1 Å². The molecule has 1 atom stereocenters. The zero-order chi connectivity index (χ0) is 21.3. The summed E-state index contributed by atoms with van der Waals surface area (Å²) in [7, 11) is -3.50. The lowest BCUT2D eigenvalue weighted by molar-refractivity contribution is 0.412. The van der Waals surface area contributed by atoms with Gasteiger partial charge in [-0.1, -0.05) is 36.6 Å². The van der Waals surface area contributed by atoms with E-state index in [4.69, 9.17) is 0 Å². The third-order valence-corrected chi connectivity index (χ3v) is 7.67. The van der Waals surface area contributed by atoms with Crippen LogP contribution < -0.4 is 10.0 Å². The average Bonchev–Trinajstić information content (AvgIpc) is 3.43. The number of fused-ring (bicyclic) bond motifs is 1. The number of sulfonamides is 1. The molecule has 8 nitrogen and oxygen atoms in total. The minimum Gasteiger partial charge on any atom is -0.365 e. The number of benzene rings is 1. The molecule has 1 unspecified atom stereocenters. The van der Waals surface area contributed by atoms with Crippen molar-refractivity contribution >= 4 is 15.8 Å². The number of nitrogens with zero attached hydrogens (tertiary/aromatic N) is 4. The summed E-state index contributed by atoms with van der Waals surface area (Å²) < 4.78 is 30.3. The van der Waals surface area contributed by atoms with Gasteiger partial charge < -0.3 is 5.32 Å². The molecule has 1 saturated carbocycles. The Morgan fingerprint density at radius 1 is 1.06 bits per heavy atom. The number of hydrogen-bond donors (Lipinski definition) is 2. The molecule has 0 amide bonds. The highest BCUT2D eigenvalue weighted by Crippen LogP contribution is 2.34. The van der Waals surface area contributed by atoms with E-state index < -0.39 is 10.0 Å². The Kier molecular flexibility index (Phi) is 5.45. The molecule has 9 heteroatoms. The fraction of sp³-hybridized carbons (Fsp3) is 0.409. The Morgan fingerprint density at radius 3 is 2.61 bits per heavy atom. The number of anilines is 1. The van der Waals surface area contributed by atoms with Crippen LogP contribution in [-0.4, -0.2) is 40.5 Å². The number of nitrogens with one attached hydrogen (secondary N) is 2. The second-order valence-electron chi connectivity index (χ2n) is 8.34. The first-order valence-electron chi connectivity index (χ1n) is 10.8. The average molecular weight is 439 g/mol. The molecule has 1 aliphatic heterocycles. The quantitative estimate of drug-likeness (QED) is 0.613. The molecule has 2 aliphatic rings. The fourth-order valence-corrected chi connectivity index (χ4v) is 5.88. The van der Waals surface area contributed by atoms with Crippen LogP contribution in [0.4, 0.5) is 5.82 Å². The Morgan fingerprint density at radius 2 is 1.87 bits per heavy atom. The number of hydrogen-bond acceptors (Lipinski definition) is 6. The molecule has 1 aromatic carbocycles. The maximum atomic E-state index is 12.8. The molecule has 0 radical (unpaired) electrons. The standard InChI is InChI=1S/C22H26N6O2S/c29-31(30,26-17-4-2-1-3-5-17)19-8-6-16(7-9-19)20-10-11-23-22-21(20)14-18(25-22)15-28-13-12-24-27-28/h6-13,17-18,26H,1-5,14-15H2,(H,23,25). The summed E-state index contributed by atoms with van der Waals surface area (Å²) in [6.45, 7) is 0.708. The Balaban J connectivity index is 1.34. The molecule has 1 fully saturated rings. The Hall–Kier alpha value is -2.78. The predicted molar refractivity (Wildman–Crippen MR) is 118 cm³/mol. The van der Waals surface area contributed by atoms with Gasteiger partial charge in [0.15, 0.2) is 0 Å². The van der Waals surface area contributed by atoms with Crippen molar-refractivity contribution in [1.29, 1.82) is 0 Å². The van der Waals surface area contributed by atoms with Crippen LogP contribution in [0.2, 0.25) is 0 Å². The van der Waals surface area contributed by atoms with Crippen molar-refractivity contribution in [1.82, 2.24) is 24.7 Å². The SMILES string of the molecule is O=S(=O)(NC1CCCCC1)c1ccc(-c2ccnc3c2CC(Cn2ccnn2)N3)cc1.